The van der Waals surface area contributed by atoms with Crippen molar-refractivity contribution in [2.75, 3.05) is 5.73 Å². The van der Waals surface area contributed by atoms with Gasteiger partial charge in [0.1, 0.15) is 0 Å². The van der Waals surface area contributed by atoms with Crippen molar-refractivity contribution in [1.82, 2.24) is 5.32 Å². The Morgan fingerprint density at radius 3 is 2.28 bits per heavy atom. The zero-order chi connectivity index (χ0) is 12.3. The van der Waals surface area contributed by atoms with E-state index >= 15 is 0 Å². The molecule has 1 aromatic carbocycles. The molecule has 100 valence electrons. The minimum atomic E-state index is -0.0310. The van der Waals surface area contributed by atoms with Crippen molar-refractivity contribution in [2.45, 2.75) is 44.6 Å². The van der Waals surface area contributed by atoms with Gasteiger partial charge in [0.15, 0.2) is 0 Å². The highest BCUT2D eigenvalue weighted by atomic mass is 35.5. The first-order valence-corrected chi connectivity index (χ1v) is 6.27. The van der Waals surface area contributed by atoms with Gasteiger partial charge in [0.2, 0.25) is 0 Å². The summed E-state index contributed by atoms with van der Waals surface area (Å²) in [5.41, 5.74) is 6.95. The molecule has 1 aromatic rings. The van der Waals surface area contributed by atoms with Gasteiger partial charge in [-0.3, -0.25) is 4.79 Å². The second kappa shape index (κ2) is 6.10. The Bertz CT molecular complexity index is 397. The fraction of sp³-hybridized carbons (Fsp3) is 0.500. The maximum absolute atomic E-state index is 12.1. The topological polar surface area (TPSA) is 55.1 Å². The summed E-state index contributed by atoms with van der Waals surface area (Å²) in [5.74, 6) is 0.00870. The van der Waals surface area contributed by atoms with Gasteiger partial charge in [0.25, 0.3) is 5.91 Å². The van der Waals surface area contributed by atoms with Crippen molar-refractivity contribution in [3.05, 3.63) is 29.8 Å². The van der Waals surface area contributed by atoms with Crippen molar-refractivity contribution in [3.8, 4) is 0 Å². The van der Waals surface area contributed by atoms with Crippen LogP contribution in [0.1, 0.15) is 49.4 Å². The molecule has 3 nitrogen and oxygen atoms in total. The molecule has 18 heavy (non-hydrogen) atoms. The zero-order valence-electron chi connectivity index (χ0n) is 10.7. The average Bonchev–Trinajstić information content (AvgIpc) is 2.30. The number of hydrogen-bond acceptors (Lipinski definition) is 2. The molecule has 0 unspecified atom stereocenters. The van der Waals surface area contributed by atoms with E-state index in [-0.39, 0.29) is 23.9 Å². The van der Waals surface area contributed by atoms with Crippen molar-refractivity contribution >= 4 is 24.0 Å². The van der Waals surface area contributed by atoms with Crippen LogP contribution in [0, 0.1) is 0 Å². The van der Waals surface area contributed by atoms with E-state index in [1.165, 1.54) is 19.3 Å². The number of benzene rings is 1. The quantitative estimate of drug-likeness (QED) is 0.810. The Balaban J connectivity index is 0.00000162. The predicted molar refractivity (Wildman–Crippen MR) is 77.1 cm³/mol. The SMILES string of the molecule is CC1(NC(=O)c2ccc(N)cc2)CCCCC1.Cl. The first-order valence-electron chi connectivity index (χ1n) is 6.27. The third kappa shape index (κ3) is 3.64. The highest BCUT2D eigenvalue weighted by Gasteiger charge is 2.28. The number of nitrogens with one attached hydrogen (secondary N) is 1. The summed E-state index contributed by atoms with van der Waals surface area (Å²) in [6.45, 7) is 2.14. The highest BCUT2D eigenvalue weighted by Crippen LogP contribution is 2.27. The fourth-order valence-electron chi connectivity index (χ4n) is 2.44. The molecule has 0 heterocycles. The van der Waals surface area contributed by atoms with Crippen LogP contribution >= 0.6 is 12.4 Å². The monoisotopic (exact) mass is 268 g/mol. The molecule has 0 spiro atoms. The minimum absolute atomic E-state index is 0. The van der Waals surface area contributed by atoms with Gasteiger partial charge in [-0.2, -0.15) is 0 Å². The van der Waals surface area contributed by atoms with Gasteiger partial charge in [-0.25, -0.2) is 0 Å². The van der Waals surface area contributed by atoms with Crippen molar-refractivity contribution in [2.24, 2.45) is 0 Å². The van der Waals surface area contributed by atoms with Crippen LogP contribution in [-0.4, -0.2) is 11.4 Å². The van der Waals surface area contributed by atoms with Gasteiger partial charge in [0, 0.05) is 16.8 Å². The van der Waals surface area contributed by atoms with Gasteiger partial charge in [-0.1, -0.05) is 19.3 Å². The van der Waals surface area contributed by atoms with Crippen LogP contribution in [-0.2, 0) is 0 Å². The summed E-state index contributed by atoms with van der Waals surface area (Å²) in [7, 11) is 0. The molecule has 1 saturated carbocycles. The lowest BCUT2D eigenvalue weighted by Crippen LogP contribution is -2.47. The van der Waals surface area contributed by atoms with Crippen molar-refractivity contribution < 1.29 is 4.79 Å². The largest absolute Gasteiger partial charge is 0.399 e. The van der Waals surface area contributed by atoms with Crippen LogP contribution in [0.25, 0.3) is 0 Å². The Hall–Kier alpha value is -1.22. The number of nitrogens with two attached hydrogens (primary N) is 1. The molecule has 0 radical (unpaired) electrons. The molecule has 0 saturated heterocycles. The van der Waals surface area contributed by atoms with E-state index < -0.39 is 0 Å². The molecule has 1 aliphatic carbocycles. The van der Waals surface area contributed by atoms with E-state index in [1.807, 2.05) is 0 Å². The summed E-state index contributed by atoms with van der Waals surface area (Å²) in [6.07, 6.45) is 5.85. The van der Waals surface area contributed by atoms with Gasteiger partial charge in [-0.05, 0) is 44.0 Å². The molecule has 1 fully saturated rings. The van der Waals surface area contributed by atoms with Crippen LogP contribution in [0.5, 0.6) is 0 Å². The lowest BCUT2D eigenvalue weighted by Gasteiger charge is -2.34. The maximum Gasteiger partial charge on any atom is 0.251 e. The van der Waals surface area contributed by atoms with E-state index in [0.717, 1.165) is 12.8 Å². The van der Waals surface area contributed by atoms with Gasteiger partial charge < -0.3 is 11.1 Å². The van der Waals surface area contributed by atoms with E-state index in [1.54, 1.807) is 24.3 Å². The molecular formula is C14H21ClN2O. The lowest BCUT2D eigenvalue weighted by atomic mass is 9.83. The summed E-state index contributed by atoms with van der Waals surface area (Å²) < 4.78 is 0. The Morgan fingerprint density at radius 2 is 1.72 bits per heavy atom. The summed E-state index contributed by atoms with van der Waals surface area (Å²) >= 11 is 0. The van der Waals surface area contributed by atoms with Crippen molar-refractivity contribution in [3.63, 3.8) is 0 Å². The number of halogens is 1. The number of carbonyl (C=O) groups is 1. The first kappa shape index (κ1) is 14.8. The minimum Gasteiger partial charge on any atom is -0.399 e. The Labute approximate surface area is 115 Å². The standard InChI is InChI=1S/C14H20N2O.ClH/c1-14(9-3-2-4-10-14)16-13(17)11-5-7-12(15)8-6-11;/h5-8H,2-4,9-10,15H2,1H3,(H,16,17);1H. The van der Waals surface area contributed by atoms with Crippen LogP contribution in [0.4, 0.5) is 5.69 Å². The maximum atomic E-state index is 12.1. The van der Waals surface area contributed by atoms with Crippen LogP contribution in [0.2, 0.25) is 0 Å². The van der Waals surface area contributed by atoms with Gasteiger partial charge in [0.05, 0.1) is 0 Å². The Morgan fingerprint density at radius 1 is 1.17 bits per heavy atom. The van der Waals surface area contributed by atoms with Gasteiger partial charge in [-0.15, -0.1) is 12.4 Å². The molecule has 1 amide bonds. The molecule has 3 N–H and O–H groups in total. The van der Waals surface area contributed by atoms with E-state index in [2.05, 4.69) is 12.2 Å². The third-order valence-corrected chi connectivity index (χ3v) is 3.55. The average molecular weight is 269 g/mol. The molecule has 2 rings (SSSR count). The highest BCUT2D eigenvalue weighted by molar-refractivity contribution is 5.94. The van der Waals surface area contributed by atoms with E-state index in [4.69, 9.17) is 5.73 Å². The van der Waals surface area contributed by atoms with Crippen molar-refractivity contribution in [1.29, 1.82) is 0 Å². The number of hydrogen-bond donors (Lipinski definition) is 2. The second-order valence-electron chi connectivity index (χ2n) is 5.20. The zero-order valence-corrected chi connectivity index (χ0v) is 11.6. The first-order chi connectivity index (χ1) is 8.09. The summed E-state index contributed by atoms with van der Waals surface area (Å²) in [5, 5.41) is 3.15. The van der Waals surface area contributed by atoms with E-state index in [0.29, 0.717) is 11.3 Å². The lowest BCUT2D eigenvalue weighted by molar-refractivity contribution is 0.0883. The smallest absolute Gasteiger partial charge is 0.251 e. The normalized spacial score (nSPS) is 17.6. The molecule has 0 bridgehead atoms. The third-order valence-electron chi connectivity index (χ3n) is 3.55. The summed E-state index contributed by atoms with van der Waals surface area (Å²) in [6, 6.07) is 7.07. The molecule has 4 heteroatoms. The van der Waals surface area contributed by atoms with Crippen LogP contribution in [0.15, 0.2) is 24.3 Å². The van der Waals surface area contributed by atoms with Crippen LogP contribution < -0.4 is 11.1 Å². The number of rotatable bonds is 2. The number of carbonyl (C=O) groups excluding carboxylic acids is 1. The van der Waals surface area contributed by atoms with Gasteiger partial charge >= 0.3 is 0 Å². The molecular weight excluding hydrogens is 248 g/mol. The summed E-state index contributed by atoms with van der Waals surface area (Å²) in [4.78, 5) is 12.1. The van der Waals surface area contributed by atoms with Crippen LogP contribution in [0.3, 0.4) is 0 Å². The Kier molecular flexibility index (Phi) is 5.03. The number of nitrogen functional groups attached to an aromatic ring is 1. The molecule has 1 aliphatic rings. The number of anilines is 1. The predicted octanol–water partition coefficient (Wildman–Crippen LogP) is 3.14. The second-order valence-corrected chi connectivity index (χ2v) is 5.20. The van der Waals surface area contributed by atoms with E-state index in [9.17, 15) is 4.79 Å². The fourth-order valence-corrected chi connectivity index (χ4v) is 2.44. The molecule has 0 atom stereocenters. The molecule has 0 aliphatic heterocycles. The molecule has 0 aromatic heterocycles. The number of amides is 1.